The predicted molar refractivity (Wildman–Crippen MR) is 83.0 cm³/mol. The van der Waals surface area contributed by atoms with Crippen LogP contribution in [-0.2, 0) is 6.54 Å². The zero-order valence-electron chi connectivity index (χ0n) is 11.7. The van der Waals surface area contributed by atoms with E-state index >= 15 is 0 Å². The molecular weight excluding hydrogens is 284 g/mol. The lowest BCUT2D eigenvalue weighted by atomic mass is 10.1. The molecule has 0 spiro atoms. The Hall–Kier alpha value is -2.16. The van der Waals surface area contributed by atoms with Gasteiger partial charge in [0.1, 0.15) is 0 Å². The number of aromatic nitrogens is 1. The molecule has 2 heterocycles. The molecule has 2 rings (SSSR count). The zero-order chi connectivity index (χ0) is 15.1. The molecule has 0 aliphatic carbocycles. The van der Waals surface area contributed by atoms with Gasteiger partial charge in [-0.05, 0) is 36.2 Å². The highest BCUT2D eigenvalue weighted by Gasteiger charge is 2.08. The molecule has 0 fully saturated rings. The van der Waals surface area contributed by atoms with Gasteiger partial charge in [-0.2, -0.15) is 0 Å². The molecule has 0 unspecified atom stereocenters. The first-order valence-electron chi connectivity index (χ1n) is 6.58. The van der Waals surface area contributed by atoms with E-state index in [0.717, 1.165) is 16.0 Å². The van der Waals surface area contributed by atoms with Crippen LogP contribution in [0.3, 0.4) is 0 Å². The van der Waals surface area contributed by atoms with Gasteiger partial charge < -0.3 is 10.4 Å². The van der Waals surface area contributed by atoms with Crippen molar-refractivity contribution in [2.24, 2.45) is 0 Å². The highest BCUT2D eigenvalue weighted by Crippen LogP contribution is 2.15. The van der Waals surface area contributed by atoms with Gasteiger partial charge in [-0.1, -0.05) is 11.8 Å². The molecule has 0 aromatic carbocycles. The van der Waals surface area contributed by atoms with Gasteiger partial charge >= 0.3 is 0 Å². The number of hydrogen-bond donors (Lipinski definition) is 2. The van der Waals surface area contributed by atoms with Gasteiger partial charge in [0, 0.05) is 25.4 Å². The number of nitrogens with zero attached hydrogens (tertiary/aromatic N) is 1. The minimum Gasteiger partial charge on any atom is -0.395 e. The predicted octanol–water partition coefficient (Wildman–Crippen LogP) is 2.12. The summed E-state index contributed by atoms with van der Waals surface area (Å²) in [7, 11) is 0. The van der Waals surface area contributed by atoms with Crippen LogP contribution in [0.5, 0.6) is 0 Å². The lowest BCUT2D eigenvalue weighted by molar-refractivity contribution is 0.0955. The van der Waals surface area contributed by atoms with E-state index < -0.39 is 0 Å². The van der Waals surface area contributed by atoms with Crippen molar-refractivity contribution in [3.05, 3.63) is 51.5 Å². The maximum Gasteiger partial charge on any atom is 0.261 e. The number of amides is 1. The zero-order valence-corrected chi connectivity index (χ0v) is 12.5. The highest BCUT2D eigenvalue weighted by atomic mass is 32.1. The third-order valence-corrected chi connectivity index (χ3v) is 3.86. The smallest absolute Gasteiger partial charge is 0.261 e. The van der Waals surface area contributed by atoms with Gasteiger partial charge in [0.2, 0.25) is 0 Å². The van der Waals surface area contributed by atoms with Crippen LogP contribution in [0.15, 0.2) is 30.6 Å². The quantitative estimate of drug-likeness (QED) is 0.850. The van der Waals surface area contributed by atoms with Crippen LogP contribution in [-0.4, -0.2) is 22.6 Å². The van der Waals surface area contributed by atoms with Crippen LogP contribution in [0.2, 0.25) is 0 Å². The summed E-state index contributed by atoms with van der Waals surface area (Å²) in [4.78, 5) is 17.6. The second kappa shape index (κ2) is 7.58. The summed E-state index contributed by atoms with van der Waals surface area (Å²) in [5.74, 6) is 5.65. The second-order valence-electron chi connectivity index (χ2n) is 4.42. The van der Waals surface area contributed by atoms with E-state index in [1.165, 1.54) is 11.3 Å². The molecule has 0 saturated heterocycles. The Kier molecular flexibility index (Phi) is 5.50. The van der Waals surface area contributed by atoms with Gasteiger partial charge in [0.05, 0.1) is 16.4 Å². The first kappa shape index (κ1) is 15.2. The molecule has 0 radical (unpaired) electrons. The number of aryl methyl sites for hydroxylation is 1. The van der Waals surface area contributed by atoms with Crippen LogP contribution in [0.4, 0.5) is 0 Å². The molecule has 21 heavy (non-hydrogen) atoms. The van der Waals surface area contributed by atoms with E-state index in [4.69, 9.17) is 5.11 Å². The number of aliphatic hydroxyl groups excluding tert-OH is 1. The van der Waals surface area contributed by atoms with Gasteiger partial charge in [-0.15, -0.1) is 11.3 Å². The van der Waals surface area contributed by atoms with Crippen LogP contribution in [0, 0.1) is 18.8 Å². The molecule has 4 nitrogen and oxygen atoms in total. The number of aliphatic hydroxyl groups is 1. The molecule has 1 amide bonds. The Morgan fingerprint density at radius 3 is 3.05 bits per heavy atom. The summed E-state index contributed by atoms with van der Waals surface area (Å²) in [6.45, 7) is 2.50. The summed E-state index contributed by atoms with van der Waals surface area (Å²) in [6, 6.07) is 5.50. The van der Waals surface area contributed by atoms with Crippen LogP contribution < -0.4 is 5.32 Å². The maximum atomic E-state index is 12.1. The number of nitrogens with one attached hydrogen (secondary N) is 1. The fraction of sp³-hybridized carbons (Fsp3) is 0.250. The van der Waals surface area contributed by atoms with Gasteiger partial charge in [-0.25, -0.2) is 0 Å². The van der Waals surface area contributed by atoms with Crippen molar-refractivity contribution < 1.29 is 9.90 Å². The minimum atomic E-state index is -0.113. The van der Waals surface area contributed by atoms with E-state index in [9.17, 15) is 4.79 Å². The molecule has 2 aromatic heterocycles. The first-order valence-corrected chi connectivity index (χ1v) is 7.39. The minimum absolute atomic E-state index is 0.0518. The molecule has 2 N–H and O–H groups in total. The van der Waals surface area contributed by atoms with E-state index in [-0.39, 0.29) is 12.5 Å². The number of hydrogen-bond acceptors (Lipinski definition) is 4. The normalized spacial score (nSPS) is 9.81. The van der Waals surface area contributed by atoms with Crippen molar-refractivity contribution in [2.45, 2.75) is 19.9 Å². The third kappa shape index (κ3) is 4.42. The van der Waals surface area contributed by atoms with Gasteiger partial charge in [0.25, 0.3) is 5.91 Å². The molecule has 5 heteroatoms. The monoisotopic (exact) mass is 300 g/mol. The molecule has 108 valence electrons. The SMILES string of the molecule is Cc1ccncc1CNC(=O)c1ccc(C#CCCO)s1. The molecule has 0 saturated carbocycles. The lowest BCUT2D eigenvalue weighted by Crippen LogP contribution is -2.22. The Bertz CT molecular complexity index is 683. The maximum absolute atomic E-state index is 12.1. The summed E-state index contributed by atoms with van der Waals surface area (Å²) in [6.07, 6.45) is 3.94. The van der Waals surface area contributed by atoms with Crippen molar-refractivity contribution in [1.82, 2.24) is 10.3 Å². The lowest BCUT2D eigenvalue weighted by Gasteiger charge is -2.05. The van der Waals surface area contributed by atoms with Crippen molar-refractivity contribution in [3.8, 4) is 11.8 Å². The van der Waals surface area contributed by atoms with Gasteiger partial charge in [0.15, 0.2) is 0 Å². The fourth-order valence-electron chi connectivity index (χ4n) is 1.68. The van der Waals surface area contributed by atoms with Gasteiger partial charge in [-0.3, -0.25) is 9.78 Å². The molecule has 0 bridgehead atoms. The Labute approximate surface area is 127 Å². The summed E-state index contributed by atoms with van der Waals surface area (Å²) in [5, 5.41) is 11.5. The highest BCUT2D eigenvalue weighted by molar-refractivity contribution is 7.14. The van der Waals surface area contributed by atoms with Crippen molar-refractivity contribution in [3.63, 3.8) is 0 Å². The summed E-state index contributed by atoms with van der Waals surface area (Å²) in [5.41, 5.74) is 2.11. The van der Waals surface area contributed by atoms with Crippen LogP contribution in [0.1, 0.15) is 32.1 Å². The second-order valence-corrected chi connectivity index (χ2v) is 5.51. The Balaban J connectivity index is 1.95. The van der Waals surface area contributed by atoms with Crippen molar-refractivity contribution in [2.75, 3.05) is 6.61 Å². The number of rotatable bonds is 4. The Morgan fingerprint density at radius 1 is 1.43 bits per heavy atom. The van der Waals surface area contributed by atoms with Crippen LogP contribution >= 0.6 is 11.3 Å². The molecule has 2 aromatic rings. The number of carbonyl (C=O) groups excluding carboxylic acids is 1. The van der Waals surface area contributed by atoms with Crippen molar-refractivity contribution >= 4 is 17.2 Å². The number of pyridine rings is 1. The number of thiophene rings is 1. The number of carbonyl (C=O) groups is 1. The third-order valence-electron chi connectivity index (χ3n) is 2.87. The summed E-state index contributed by atoms with van der Waals surface area (Å²) >= 11 is 1.35. The molecular formula is C16H16N2O2S. The standard InChI is InChI=1S/C16H16N2O2S/c1-12-7-8-17-10-13(12)11-18-16(20)15-6-5-14(21-15)4-2-3-9-19/h5-8,10,19H,3,9,11H2,1H3,(H,18,20). The average molecular weight is 300 g/mol. The molecule has 0 atom stereocenters. The fourth-order valence-corrected chi connectivity index (χ4v) is 2.47. The average Bonchev–Trinajstić information content (AvgIpc) is 2.95. The topological polar surface area (TPSA) is 62.2 Å². The van der Waals surface area contributed by atoms with Crippen LogP contribution in [0.25, 0.3) is 0 Å². The molecule has 0 aliphatic rings. The molecule has 0 aliphatic heterocycles. The largest absolute Gasteiger partial charge is 0.395 e. The van der Waals surface area contributed by atoms with E-state index in [1.54, 1.807) is 18.5 Å². The first-order chi connectivity index (χ1) is 10.2. The van der Waals surface area contributed by atoms with Crippen molar-refractivity contribution in [1.29, 1.82) is 0 Å². The van der Waals surface area contributed by atoms with E-state index in [1.807, 2.05) is 19.1 Å². The Morgan fingerprint density at radius 2 is 2.29 bits per heavy atom. The van der Waals surface area contributed by atoms with E-state index in [0.29, 0.717) is 17.8 Å². The van der Waals surface area contributed by atoms with E-state index in [2.05, 4.69) is 22.1 Å². The summed E-state index contributed by atoms with van der Waals surface area (Å²) < 4.78 is 0.